The highest BCUT2D eigenvalue weighted by Gasteiger charge is 2.27. The summed E-state index contributed by atoms with van der Waals surface area (Å²) in [6.45, 7) is 0.657. The number of hydrogen-bond donors (Lipinski definition) is 1. The van der Waals surface area contributed by atoms with Gasteiger partial charge >= 0.3 is 0 Å². The van der Waals surface area contributed by atoms with Crippen LogP contribution in [0, 0.1) is 0 Å². The van der Waals surface area contributed by atoms with Gasteiger partial charge in [0, 0.05) is 11.0 Å². The molecule has 5 heteroatoms. The van der Waals surface area contributed by atoms with E-state index in [2.05, 4.69) is 80.1 Å². The lowest BCUT2D eigenvalue weighted by Gasteiger charge is -2.14. The van der Waals surface area contributed by atoms with E-state index in [0.29, 0.717) is 6.54 Å². The van der Waals surface area contributed by atoms with E-state index in [0.717, 1.165) is 15.9 Å². The first-order valence-corrected chi connectivity index (χ1v) is 9.68. The summed E-state index contributed by atoms with van der Waals surface area (Å²) in [6.07, 6.45) is 1.98. The summed E-state index contributed by atoms with van der Waals surface area (Å²) in [7, 11) is 0. The number of halogens is 1. The zero-order valence-electron chi connectivity index (χ0n) is 14.5. The summed E-state index contributed by atoms with van der Waals surface area (Å²) >= 11 is 3.46. The first-order valence-electron chi connectivity index (χ1n) is 8.88. The molecule has 0 unspecified atom stereocenters. The Balaban J connectivity index is 1.39. The molecule has 1 N–H and O–H groups in total. The number of fused-ring (bicyclic) bond motifs is 3. The van der Waals surface area contributed by atoms with Crippen molar-refractivity contribution in [2.45, 2.75) is 12.6 Å². The maximum Gasteiger partial charge on any atom is 0.0969 e. The van der Waals surface area contributed by atoms with E-state index in [1.807, 2.05) is 30.5 Å². The summed E-state index contributed by atoms with van der Waals surface area (Å²) in [5.74, 6) is 0. The number of nitrogens with zero attached hydrogens (tertiary/aromatic N) is 3. The van der Waals surface area contributed by atoms with Gasteiger partial charge in [-0.2, -0.15) is 0 Å². The molecule has 0 amide bonds. The van der Waals surface area contributed by atoms with E-state index in [-0.39, 0.29) is 6.04 Å². The van der Waals surface area contributed by atoms with Crippen LogP contribution in [-0.2, 0) is 6.54 Å². The minimum atomic E-state index is 0.176. The maximum absolute atomic E-state index is 4.33. The number of rotatable bonds is 4. The van der Waals surface area contributed by atoms with E-state index in [4.69, 9.17) is 0 Å². The van der Waals surface area contributed by atoms with Gasteiger partial charge in [-0.25, -0.2) is 4.68 Å². The molecular formula is C22H17BrN4. The standard InChI is InChI=1S/C22H17BrN4/c23-15-9-11-17(12-10-15)27-14-16(25-26-27)13-24-22-20-7-3-1-5-18(20)19-6-2-4-8-21(19)22/h1-12,14,22,24H,13H2. The quantitative estimate of drug-likeness (QED) is 0.514. The molecule has 1 heterocycles. The third-order valence-corrected chi connectivity index (χ3v) is 5.48. The summed E-state index contributed by atoms with van der Waals surface area (Å²) in [4.78, 5) is 0. The van der Waals surface area contributed by atoms with Gasteiger partial charge in [0.25, 0.3) is 0 Å². The lowest BCUT2D eigenvalue weighted by molar-refractivity contribution is 0.605. The fraction of sp³-hybridized carbons (Fsp3) is 0.0909. The Morgan fingerprint density at radius 1 is 0.852 bits per heavy atom. The summed E-state index contributed by atoms with van der Waals surface area (Å²) in [6, 6.07) is 25.4. The fourth-order valence-corrected chi connectivity index (χ4v) is 3.95. The van der Waals surface area contributed by atoms with E-state index < -0.39 is 0 Å². The van der Waals surface area contributed by atoms with E-state index in [1.165, 1.54) is 22.3 Å². The Labute approximate surface area is 166 Å². The van der Waals surface area contributed by atoms with Crippen LogP contribution in [0.25, 0.3) is 16.8 Å². The van der Waals surface area contributed by atoms with Crippen LogP contribution in [0.15, 0.2) is 83.5 Å². The normalized spacial score (nSPS) is 12.8. The summed E-state index contributed by atoms with van der Waals surface area (Å²) in [5.41, 5.74) is 7.17. The van der Waals surface area contributed by atoms with Crippen molar-refractivity contribution in [1.82, 2.24) is 20.3 Å². The third kappa shape index (κ3) is 2.99. The number of hydrogen-bond acceptors (Lipinski definition) is 3. The molecule has 132 valence electrons. The van der Waals surface area contributed by atoms with Crippen LogP contribution in [0.4, 0.5) is 0 Å². The maximum atomic E-state index is 4.33. The van der Waals surface area contributed by atoms with Crippen molar-refractivity contribution in [3.63, 3.8) is 0 Å². The van der Waals surface area contributed by atoms with Gasteiger partial charge in [-0.15, -0.1) is 5.10 Å². The lowest BCUT2D eigenvalue weighted by atomic mass is 10.1. The molecule has 0 saturated heterocycles. The second kappa shape index (κ2) is 6.76. The Morgan fingerprint density at radius 3 is 2.15 bits per heavy atom. The molecule has 5 rings (SSSR count). The Bertz CT molecular complexity index is 1060. The molecular weight excluding hydrogens is 400 g/mol. The van der Waals surface area contributed by atoms with Crippen LogP contribution in [0.2, 0.25) is 0 Å². The Kier molecular flexibility index (Phi) is 4.11. The van der Waals surface area contributed by atoms with E-state index in [9.17, 15) is 0 Å². The fourth-order valence-electron chi connectivity index (χ4n) is 3.68. The molecule has 1 aliphatic carbocycles. The monoisotopic (exact) mass is 416 g/mol. The van der Waals surface area contributed by atoms with Gasteiger partial charge in [0.1, 0.15) is 0 Å². The van der Waals surface area contributed by atoms with Crippen molar-refractivity contribution in [3.05, 3.63) is 100 Å². The third-order valence-electron chi connectivity index (χ3n) is 4.95. The average Bonchev–Trinajstić information content (AvgIpc) is 3.30. The number of benzene rings is 3. The zero-order valence-corrected chi connectivity index (χ0v) is 16.1. The number of aromatic nitrogens is 3. The average molecular weight is 417 g/mol. The van der Waals surface area contributed by atoms with Gasteiger partial charge in [0.05, 0.1) is 23.6 Å². The molecule has 0 spiro atoms. The first kappa shape index (κ1) is 16.4. The Morgan fingerprint density at radius 2 is 1.48 bits per heavy atom. The van der Waals surface area contributed by atoms with Crippen LogP contribution < -0.4 is 5.32 Å². The van der Waals surface area contributed by atoms with Gasteiger partial charge in [-0.1, -0.05) is 69.7 Å². The lowest BCUT2D eigenvalue weighted by Crippen LogP contribution is -2.20. The molecule has 0 bridgehead atoms. The van der Waals surface area contributed by atoms with Crippen molar-refractivity contribution in [2.75, 3.05) is 0 Å². The second-order valence-corrected chi connectivity index (χ2v) is 7.53. The van der Waals surface area contributed by atoms with Gasteiger partial charge < -0.3 is 5.32 Å². The van der Waals surface area contributed by atoms with Gasteiger partial charge in [0.2, 0.25) is 0 Å². The molecule has 0 saturated carbocycles. The van der Waals surface area contributed by atoms with Crippen molar-refractivity contribution in [1.29, 1.82) is 0 Å². The summed E-state index contributed by atoms with van der Waals surface area (Å²) < 4.78 is 2.85. The smallest absolute Gasteiger partial charge is 0.0969 e. The van der Waals surface area contributed by atoms with Gasteiger partial charge in [-0.05, 0) is 46.5 Å². The van der Waals surface area contributed by atoms with Crippen LogP contribution in [0.1, 0.15) is 22.9 Å². The van der Waals surface area contributed by atoms with Crippen LogP contribution in [0.5, 0.6) is 0 Å². The molecule has 1 aromatic heterocycles. The van der Waals surface area contributed by atoms with E-state index >= 15 is 0 Å². The van der Waals surface area contributed by atoms with Crippen LogP contribution in [-0.4, -0.2) is 15.0 Å². The van der Waals surface area contributed by atoms with Crippen molar-refractivity contribution in [3.8, 4) is 16.8 Å². The molecule has 1 aliphatic rings. The van der Waals surface area contributed by atoms with Gasteiger partial charge in [0.15, 0.2) is 0 Å². The number of nitrogens with one attached hydrogen (secondary N) is 1. The van der Waals surface area contributed by atoms with Crippen LogP contribution in [0.3, 0.4) is 0 Å². The minimum Gasteiger partial charge on any atom is -0.300 e. The highest BCUT2D eigenvalue weighted by atomic mass is 79.9. The largest absolute Gasteiger partial charge is 0.300 e. The van der Waals surface area contributed by atoms with E-state index in [1.54, 1.807) is 4.68 Å². The molecule has 4 aromatic rings. The molecule has 27 heavy (non-hydrogen) atoms. The first-order chi connectivity index (χ1) is 13.3. The highest BCUT2D eigenvalue weighted by molar-refractivity contribution is 9.10. The predicted molar refractivity (Wildman–Crippen MR) is 110 cm³/mol. The highest BCUT2D eigenvalue weighted by Crippen LogP contribution is 2.43. The molecule has 3 aromatic carbocycles. The summed E-state index contributed by atoms with van der Waals surface area (Å²) in [5, 5.41) is 12.2. The molecule has 0 radical (unpaired) electrons. The zero-order chi connectivity index (χ0) is 18.2. The second-order valence-electron chi connectivity index (χ2n) is 6.62. The van der Waals surface area contributed by atoms with Gasteiger partial charge in [-0.3, -0.25) is 0 Å². The van der Waals surface area contributed by atoms with Crippen LogP contribution >= 0.6 is 15.9 Å². The topological polar surface area (TPSA) is 42.7 Å². The molecule has 0 atom stereocenters. The SMILES string of the molecule is Brc1ccc(-n2cc(CNC3c4ccccc4-c4ccccc43)nn2)cc1. The Hall–Kier alpha value is -2.76. The van der Waals surface area contributed by atoms with Crippen molar-refractivity contribution >= 4 is 15.9 Å². The van der Waals surface area contributed by atoms with Crippen molar-refractivity contribution in [2.24, 2.45) is 0 Å². The predicted octanol–water partition coefficient (Wildman–Crippen LogP) is 4.89. The molecule has 0 aliphatic heterocycles. The molecule has 0 fully saturated rings. The molecule has 4 nitrogen and oxygen atoms in total. The van der Waals surface area contributed by atoms with Crippen molar-refractivity contribution < 1.29 is 0 Å². The minimum absolute atomic E-state index is 0.176.